The van der Waals surface area contributed by atoms with Crippen molar-refractivity contribution in [1.29, 1.82) is 0 Å². The Hall–Kier alpha value is -0.310. The van der Waals surface area contributed by atoms with Gasteiger partial charge >= 0.3 is 0 Å². The predicted octanol–water partition coefficient (Wildman–Crippen LogP) is 4.23. The third-order valence-corrected chi connectivity index (χ3v) is 3.58. The van der Waals surface area contributed by atoms with E-state index in [1.54, 1.807) is 12.3 Å². The van der Waals surface area contributed by atoms with Crippen molar-refractivity contribution in [2.24, 2.45) is 5.92 Å². The third-order valence-electron chi connectivity index (χ3n) is 3.07. The minimum absolute atomic E-state index is 0.271. The van der Waals surface area contributed by atoms with E-state index in [1.807, 2.05) is 0 Å². The molecule has 0 saturated heterocycles. The highest BCUT2D eigenvalue weighted by molar-refractivity contribution is 6.34. The van der Waals surface area contributed by atoms with Crippen LogP contribution in [0.25, 0.3) is 0 Å². The number of rotatable bonds is 6. The summed E-state index contributed by atoms with van der Waals surface area (Å²) >= 11 is 12.1. The molecule has 0 aliphatic heterocycles. The standard InChI is InChI=1S/C13H18Cl2N2/c1-2-5-16-12(6-9-3-4-9)13-11(15)7-10(14)8-17-13/h7-9,12,16H,2-6H2,1H3. The van der Waals surface area contributed by atoms with E-state index in [1.165, 1.54) is 12.8 Å². The molecule has 1 unspecified atom stereocenters. The molecule has 1 aromatic rings. The second-order valence-corrected chi connectivity index (χ2v) is 5.55. The van der Waals surface area contributed by atoms with E-state index in [0.717, 1.165) is 31.0 Å². The Bertz CT molecular complexity index is 378. The SMILES string of the molecule is CCCNC(CC1CC1)c1ncc(Cl)cc1Cl. The number of halogens is 2. The van der Waals surface area contributed by atoms with Crippen molar-refractivity contribution in [2.75, 3.05) is 6.54 Å². The van der Waals surface area contributed by atoms with Gasteiger partial charge in [-0.05, 0) is 31.4 Å². The zero-order chi connectivity index (χ0) is 12.3. The van der Waals surface area contributed by atoms with Crippen LogP contribution in [0.3, 0.4) is 0 Å². The lowest BCUT2D eigenvalue weighted by Crippen LogP contribution is -2.23. The van der Waals surface area contributed by atoms with Gasteiger partial charge in [-0.1, -0.05) is 43.0 Å². The fraction of sp³-hybridized carbons (Fsp3) is 0.615. The largest absolute Gasteiger partial charge is 0.309 e. The lowest BCUT2D eigenvalue weighted by atomic mass is 10.1. The van der Waals surface area contributed by atoms with E-state index < -0.39 is 0 Å². The highest BCUT2D eigenvalue weighted by Crippen LogP contribution is 2.38. The number of aromatic nitrogens is 1. The monoisotopic (exact) mass is 272 g/mol. The van der Waals surface area contributed by atoms with Gasteiger partial charge in [0.05, 0.1) is 21.8 Å². The van der Waals surface area contributed by atoms with Gasteiger partial charge in [0, 0.05) is 6.20 Å². The molecule has 1 aliphatic carbocycles. The van der Waals surface area contributed by atoms with Crippen LogP contribution >= 0.6 is 23.2 Å². The Morgan fingerprint density at radius 1 is 1.47 bits per heavy atom. The molecule has 1 heterocycles. The number of hydrogen-bond donors (Lipinski definition) is 1. The number of nitrogens with zero attached hydrogens (tertiary/aromatic N) is 1. The molecular weight excluding hydrogens is 255 g/mol. The summed E-state index contributed by atoms with van der Waals surface area (Å²) in [5.41, 5.74) is 0.941. The summed E-state index contributed by atoms with van der Waals surface area (Å²) in [7, 11) is 0. The molecule has 2 rings (SSSR count). The van der Waals surface area contributed by atoms with Crippen LogP contribution in [0, 0.1) is 5.92 Å². The Labute approximate surface area is 113 Å². The Morgan fingerprint density at radius 2 is 2.24 bits per heavy atom. The van der Waals surface area contributed by atoms with Gasteiger partial charge in [-0.15, -0.1) is 0 Å². The molecule has 2 nitrogen and oxygen atoms in total. The first-order chi connectivity index (χ1) is 8.20. The molecule has 0 bridgehead atoms. The van der Waals surface area contributed by atoms with Crippen molar-refractivity contribution in [3.8, 4) is 0 Å². The minimum Gasteiger partial charge on any atom is -0.309 e. The van der Waals surface area contributed by atoms with Crippen LogP contribution < -0.4 is 5.32 Å². The van der Waals surface area contributed by atoms with Gasteiger partial charge in [0.15, 0.2) is 0 Å². The maximum atomic E-state index is 6.22. The first kappa shape index (κ1) is 13.1. The normalized spacial score (nSPS) is 17.1. The van der Waals surface area contributed by atoms with Crippen LogP contribution in [0.1, 0.15) is 44.3 Å². The fourth-order valence-corrected chi connectivity index (χ4v) is 2.49. The fourth-order valence-electron chi connectivity index (χ4n) is 1.98. The van der Waals surface area contributed by atoms with E-state index in [-0.39, 0.29) is 6.04 Å². The molecule has 1 aliphatic rings. The van der Waals surface area contributed by atoms with Gasteiger partial charge in [0.1, 0.15) is 0 Å². The van der Waals surface area contributed by atoms with E-state index in [2.05, 4.69) is 17.2 Å². The van der Waals surface area contributed by atoms with Crippen molar-refractivity contribution in [2.45, 2.75) is 38.6 Å². The van der Waals surface area contributed by atoms with E-state index in [0.29, 0.717) is 10.0 Å². The zero-order valence-electron chi connectivity index (χ0n) is 10.0. The summed E-state index contributed by atoms with van der Waals surface area (Å²) in [6.45, 7) is 3.16. The average Bonchev–Trinajstić information content (AvgIpc) is 3.08. The summed E-state index contributed by atoms with van der Waals surface area (Å²) in [6.07, 6.45) is 6.61. The summed E-state index contributed by atoms with van der Waals surface area (Å²) in [5, 5.41) is 4.80. The molecule has 0 amide bonds. The van der Waals surface area contributed by atoms with Crippen LogP contribution in [0.2, 0.25) is 10.0 Å². The van der Waals surface area contributed by atoms with Crippen LogP contribution in [-0.2, 0) is 0 Å². The molecule has 1 aromatic heterocycles. The molecule has 1 fully saturated rings. The minimum atomic E-state index is 0.271. The van der Waals surface area contributed by atoms with Crippen molar-refractivity contribution in [3.05, 3.63) is 28.0 Å². The number of pyridine rings is 1. The van der Waals surface area contributed by atoms with Crippen LogP contribution in [0.15, 0.2) is 12.3 Å². The molecule has 1 N–H and O–H groups in total. The van der Waals surface area contributed by atoms with Crippen molar-refractivity contribution in [1.82, 2.24) is 10.3 Å². The molecular formula is C13H18Cl2N2. The number of nitrogens with one attached hydrogen (secondary N) is 1. The van der Waals surface area contributed by atoms with E-state index in [4.69, 9.17) is 23.2 Å². The molecule has 0 radical (unpaired) electrons. The number of hydrogen-bond acceptors (Lipinski definition) is 2. The van der Waals surface area contributed by atoms with E-state index >= 15 is 0 Å². The van der Waals surface area contributed by atoms with Crippen LogP contribution in [0.4, 0.5) is 0 Å². The topological polar surface area (TPSA) is 24.9 Å². The van der Waals surface area contributed by atoms with Crippen LogP contribution in [-0.4, -0.2) is 11.5 Å². The lowest BCUT2D eigenvalue weighted by Gasteiger charge is -2.19. The Balaban J connectivity index is 2.11. The predicted molar refractivity (Wildman–Crippen MR) is 72.6 cm³/mol. The molecule has 94 valence electrons. The Kier molecular flexibility index (Phi) is 4.66. The van der Waals surface area contributed by atoms with Crippen molar-refractivity contribution < 1.29 is 0 Å². The maximum absolute atomic E-state index is 6.22. The van der Waals surface area contributed by atoms with Gasteiger partial charge in [-0.2, -0.15) is 0 Å². The van der Waals surface area contributed by atoms with Gasteiger partial charge in [0.2, 0.25) is 0 Å². The summed E-state index contributed by atoms with van der Waals surface area (Å²) in [6, 6.07) is 2.05. The summed E-state index contributed by atoms with van der Waals surface area (Å²) < 4.78 is 0. The quantitative estimate of drug-likeness (QED) is 0.839. The molecule has 4 heteroatoms. The van der Waals surface area contributed by atoms with Gasteiger partial charge < -0.3 is 5.32 Å². The van der Waals surface area contributed by atoms with Gasteiger partial charge in [0.25, 0.3) is 0 Å². The first-order valence-electron chi connectivity index (χ1n) is 6.25. The average molecular weight is 273 g/mol. The van der Waals surface area contributed by atoms with Gasteiger partial charge in [-0.3, -0.25) is 4.98 Å². The zero-order valence-corrected chi connectivity index (χ0v) is 11.6. The van der Waals surface area contributed by atoms with E-state index in [9.17, 15) is 0 Å². The first-order valence-corrected chi connectivity index (χ1v) is 7.00. The highest BCUT2D eigenvalue weighted by atomic mass is 35.5. The molecule has 0 aromatic carbocycles. The van der Waals surface area contributed by atoms with Crippen LogP contribution in [0.5, 0.6) is 0 Å². The van der Waals surface area contributed by atoms with Crippen molar-refractivity contribution in [3.63, 3.8) is 0 Å². The molecule has 1 saturated carbocycles. The summed E-state index contributed by atoms with van der Waals surface area (Å²) in [5.74, 6) is 0.845. The third kappa shape index (κ3) is 3.84. The smallest absolute Gasteiger partial charge is 0.0760 e. The Morgan fingerprint density at radius 3 is 2.82 bits per heavy atom. The second-order valence-electron chi connectivity index (χ2n) is 4.71. The highest BCUT2D eigenvalue weighted by Gasteiger charge is 2.27. The lowest BCUT2D eigenvalue weighted by molar-refractivity contribution is 0.465. The van der Waals surface area contributed by atoms with Gasteiger partial charge in [-0.25, -0.2) is 0 Å². The molecule has 1 atom stereocenters. The molecule has 17 heavy (non-hydrogen) atoms. The summed E-state index contributed by atoms with van der Waals surface area (Å²) in [4.78, 5) is 4.39. The second kappa shape index (κ2) is 6.03. The van der Waals surface area contributed by atoms with Crippen molar-refractivity contribution >= 4 is 23.2 Å². The molecule has 0 spiro atoms. The maximum Gasteiger partial charge on any atom is 0.0760 e.